The second-order valence-electron chi connectivity index (χ2n) is 8.03. The molecule has 0 bridgehead atoms. The van der Waals surface area contributed by atoms with Crippen LogP contribution in [0, 0.1) is 5.21 Å². The Morgan fingerprint density at radius 1 is 1.04 bits per heavy atom. The molecule has 0 radical (unpaired) electrons. The van der Waals surface area contributed by atoms with E-state index in [1.165, 1.54) is 5.56 Å². The molecule has 1 aromatic carbocycles. The van der Waals surface area contributed by atoms with Crippen molar-refractivity contribution in [3.05, 3.63) is 41.1 Å². The second kappa shape index (κ2) is 11.3. The Morgan fingerprint density at radius 2 is 1.62 bits per heavy atom. The molecule has 0 aliphatic rings. The van der Waals surface area contributed by atoms with Gasteiger partial charge in [-0.05, 0) is 18.4 Å². The minimum Gasteiger partial charge on any atom is -0.633 e. The molecule has 0 aliphatic carbocycles. The Hall–Kier alpha value is -1.39. The highest BCUT2D eigenvalue weighted by Gasteiger charge is 2.33. The SMILES string of the molecule is CCCCC(CCCC)(CC(=O)NCCC[N+](C)(C)[O-])c1ccccc1. The van der Waals surface area contributed by atoms with Crippen LogP contribution in [0.2, 0.25) is 0 Å². The molecule has 148 valence electrons. The largest absolute Gasteiger partial charge is 0.633 e. The summed E-state index contributed by atoms with van der Waals surface area (Å²) >= 11 is 0. The maximum atomic E-state index is 12.7. The third kappa shape index (κ3) is 8.33. The van der Waals surface area contributed by atoms with Crippen LogP contribution in [0.3, 0.4) is 0 Å². The van der Waals surface area contributed by atoms with E-state index in [1.807, 2.05) is 6.07 Å². The molecule has 1 N–H and O–H groups in total. The minimum atomic E-state index is -0.309. The van der Waals surface area contributed by atoms with Gasteiger partial charge in [0, 0.05) is 24.8 Å². The van der Waals surface area contributed by atoms with Gasteiger partial charge >= 0.3 is 0 Å². The number of nitrogens with one attached hydrogen (secondary N) is 1. The smallest absolute Gasteiger partial charge is 0.220 e. The lowest BCUT2D eigenvalue weighted by atomic mass is 9.70. The van der Waals surface area contributed by atoms with Crippen molar-refractivity contribution in [3.8, 4) is 0 Å². The van der Waals surface area contributed by atoms with Gasteiger partial charge in [0.2, 0.25) is 5.91 Å². The third-order valence-corrected chi connectivity index (χ3v) is 5.10. The summed E-state index contributed by atoms with van der Waals surface area (Å²) in [6, 6.07) is 10.5. The van der Waals surface area contributed by atoms with Crippen LogP contribution in [-0.2, 0) is 10.2 Å². The summed E-state index contributed by atoms with van der Waals surface area (Å²) < 4.78 is -0.309. The Bertz CT molecular complexity index is 501. The number of unbranched alkanes of at least 4 members (excludes halogenated alkanes) is 2. The first-order chi connectivity index (χ1) is 12.3. The highest BCUT2D eigenvalue weighted by Crippen LogP contribution is 2.38. The van der Waals surface area contributed by atoms with Crippen LogP contribution in [0.15, 0.2) is 30.3 Å². The van der Waals surface area contributed by atoms with Crippen LogP contribution in [0.5, 0.6) is 0 Å². The molecule has 1 aromatic rings. The van der Waals surface area contributed by atoms with Crippen molar-refractivity contribution in [2.45, 2.75) is 70.6 Å². The molecule has 0 fully saturated rings. The number of benzene rings is 1. The number of hydrogen-bond donors (Lipinski definition) is 1. The number of hydrogen-bond acceptors (Lipinski definition) is 2. The van der Waals surface area contributed by atoms with Gasteiger partial charge in [0.1, 0.15) is 0 Å². The lowest BCUT2D eigenvalue weighted by Gasteiger charge is -2.35. The molecule has 0 aliphatic heterocycles. The van der Waals surface area contributed by atoms with E-state index in [0.29, 0.717) is 25.9 Å². The van der Waals surface area contributed by atoms with Crippen LogP contribution in [0.4, 0.5) is 0 Å². The first kappa shape index (κ1) is 22.7. The van der Waals surface area contributed by atoms with Gasteiger partial charge in [-0.15, -0.1) is 0 Å². The van der Waals surface area contributed by atoms with Gasteiger partial charge in [-0.1, -0.05) is 69.9 Å². The van der Waals surface area contributed by atoms with Crippen molar-refractivity contribution < 1.29 is 9.44 Å². The lowest BCUT2D eigenvalue weighted by Crippen LogP contribution is -2.38. The van der Waals surface area contributed by atoms with Gasteiger partial charge < -0.3 is 15.2 Å². The molecule has 0 spiro atoms. The number of amides is 1. The molecule has 4 heteroatoms. The summed E-state index contributed by atoms with van der Waals surface area (Å²) in [5.41, 5.74) is 1.21. The summed E-state index contributed by atoms with van der Waals surface area (Å²) in [5, 5.41) is 14.7. The van der Waals surface area contributed by atoms with Gasteiger partial charge in [0.25, 0.3) is 0 Å². The third-order valence-electron chi connectivity index (χ3n) is 5.10. The molecule has 0 atom stereocenters. The highest BCUT2D eigenvalue weighted by molar-refractivity contribution is 5.77. The molecule has 0 heterocycles. The Kier molecular flexibility index (Phi) is 9.89. The highest BCUT2D eigenvalue weighted by atomic mass is 16.5. The quantitative estimate of drug-likeness (QED) is 0.312. The predicted octanol–water partition coefficient (Wildman–Crippen LogP) is 4.78. The van der Waals surface area contributed by atoms with E-state index in [0.717, 1.165) is 38.5 Å². The van der Waals surface area contributed by atoms with Crippen molar-refractivity contribution in [2.75, 3.05) is 27.2 Å². The molecular formula is C22H38N2O2. The number of rotatable bonds is 13. The monoisotopic (exact) mass is 362 g/mol. The summed E-state index contributed by atoms with van der Waals surface area (Å²) in [4.78, 5) is 12.7. The molecule has 4 nitrogen and oxygen atoms in total. The maximum absolute atomic E-state index is 12.7. The average molecular weight is 363 g/mol. The Morgan fingerprint density at radius 3 is 2.12 bits per heavy atom. The van der Waals surface area contributed by atoms with E-state index < -0.39 is 0 Å². The number of carbonyl (C=O) groups excluding carboxylic acids is 1. The standard InChI is InChI=1S/C22H38N2O2/c1-5-7-15-22(16-8-6-2,20-13-10-9-11-14-20)19-21(25)23-17-12-18-24(3,4)26/h9-11,13-14H,5-8,12,15-19H2,1-4H3,(H,23,25). The van der Waals surface area contributed by atoms with E-state index in [-0.39, 0.29) is 16.0 Å². The number of carbonyl (C=O) groups is 1. The minimum absolute atomic E-state index is 0.0781. The number of hydroxylamine groups is 3. The summed E-state index contributed by atoms with van der Waals surface area (Å²) in [7, 11) is 3.27. The molecule has 0 saturated heterocycles. The zero-order chi connectivity index (χ0) is 19.5. The molecule has 0 saturated carbocycles. The van der Waals surface area contributed by atoms with Crippen LogP contribution in [0.25, 0.3) is 0 Å². The fourth-order valence-corrected chi connectivity index (χ4v) is 3.57. The van der Waals surface area contributed by atoms with Crippen LogP contribution in [0.1, 0.15) is 70.8 Å². The average Bonchev–Trinajstić information content (AvgIpc) is 2.61. The molecule has 0 unspecified atom stereocenters. The van der Waals surface area contributed by atoms with E-state index in [4.69, 9.17) is 0 Å². The van der Waals surface area contributed by atoms with E-state index >= 15 is 0 Å². The van der Waals surface area contributed by atoms with E-state index in [1.54, 1.807) is 14.1 Å². The zero-order valence-corrected chi connectivity index (χ0v) is 17.2. The molecule has 1 rings (SSSR count). The second-order valence-corrected chi connectivity index (χ2v) is 8.03. The molecular weight excluding hydrogens is 324 g/mol. The topological polar surface area (TPSA) is 52.2 Å². The van der Waals surface area contributed by atoms with Crippen LogP contribution >= 0.6 is 0 Å². The van der Waals surface area contributed by atoms with Crippen molar-refractivity contribution in [1.29, 1.82) is 0 Å². The van der Waals surface area contributed by atoms with Crippen molar-refractivity contribution in [2.24, 2.45) is 0 Å². The fourth-order valence-electron chi connectivity index (χ4n) is 3.57. The Labute approximate surface area is 160 Å². The molecule has 0 aromatic heterocycles. The van der Waals surface area contributed by atoms with E-state index in [9.17, 15) is 10.0 Å². The maximum Gasteiger partial charge on any atom is 0.220 e. The van der Waals surface area contributed by atoms with E-state index in [2.05, 4.69) is 43.4 Å². The van der Waals surface area contributed by atoms with Gasteiger partial charge in [-0.3, -0.25) is 4.79 Å². The number of nitrogens with zero attached hydrogens (tertiary/aromatic N) is 1. The van der Waals surface area contributed by atoms with Gasteiger partial charge in [-0.2, -0.15) is 0 Å². The normalized spacial score (nSPS) is 12.2. The van der Waals surface area contributed by atoms with Crippen LogP contribution in [-0.4, -0.2) is 37.7 Å². The lowest BCUT2D eigenvalue weighted by molar-refractivity contribution is -0.840. The van der Waals surface area contributed by atoms with Crippen molar-refractivity contribution >= 4 is 5.91 Å². The zero-order valence-electron chi connectivity index (χ0n) is 17.2. The first-order valence-corrected chi connectivity index (χ1v) is 10.2. The van der Waals surface area contributed by atoms with Crippen LogP contribution < -0.4 is 5.32 Å². The summed E-state index contributed by atoms with van der Waals surface area (Å²) in [5.74, 6) is 0.109. The van der Waals surface area contributed by atoms with Crippen molar-refractivity contribution in [3.63, 3.8) is 0 Å². The fraction of sp³-hybridized carbons (Fsp3) is 0.682. The Balaban J connectivity index is 2.81. The van der Waals surface area contributed by atoms with Crippen molar-refractivity contribution in [1.82, 2.24) is 5.32 Å². The van der Waals surface area contributed by atoms with Gasteiger partial charge in [0.15, 0.2) is 0 Å². The van der Waals surface area contributed by atoms with Gasteiger partial charge in [-0.25, -0.2) is 0 Å². The predicted molar refractivity (Wildman–Crippen MR) is 110 cm³/mol. The summed E-state index contributed by atoms with van der Waals surface area (Å²) in [6.07, 6.45) is 7.88. The first-order valence-electron chi connectivity index (χ1n) is 10.2. The molecule has 1 amide bonds. The summed E-state index contributed by atoms with van der Waals surface area (Å²) in [6.45, 7) is 5.52. The van der Waals surface area contributed by atoms with Gasteiger partial charge in [0.05, 0.1) is 20.6 Å². The number of quaternary nitrogens is 1. The molecule has 26 heavy (non-hydrogen) atoms.